The molecule has 1 saturated carbocycles. The van der Waals surface area contributed by atoms with Gasteiger partial charge in [-0.2, -0.15) is 10.2 Å². The fourth-order valence-electron chi connectivity index (χ4n) is 7.37. The zero-order chi connectivity index (χ0) is 27.6. The number of nitrogens with one attached hydrogen (secondary N) is 1. The summed E-state index contributed by atoms with van der Waals surface area (Å²) in [6.07, 6.45) is 7.94. The Bertz CT molecular complexity index is 1450. The van der Waals surface area contributed by atoms with E-state index in [-0.39, 0.29) is 11.5 Å². The first-order chi connectivity index (χ1) is 19.3. The molecule has 1 spiro atoms. The van der Waals surface area contributed by atoms with Gasteiger partial charge in [0.2, 0.25) is 5.91 Å². The Kier molecular flexibility index (Phi) is 6.21. The Hall–Kier alpha value is -3.27. The summed E-state index contributed by atoms with van der Waals surface area (Å²) in [6, 6.07) is 3.94. The van der Waals surface area contributed by atoms with E-state index in [9.17, 15) is 13.6 Å². The van der Waals surface area contributed by atoms with Crippen molar-refractivity contribution in [2.24, 2.45) is 12.5 Å². The molecule has 2 fully saturated rings. The number of carbonyl (C=O) groups excluding carboxylic acids is 1. The van der Waals surface area contributed by atoms with Crippen LogP contribution in [-0.2, 0) is 31.2 Å². The minimum Gasteiger partial charge on any atom is -0.338 e. The highest BCUT2D eigenvalue weighted by Gasteiger charge is 2.42. The molecule has 212 valence electrons. The second-order valence-corrected chi connectivity index (χ2v) is 12.2. The summed E-state index contributed by atoms with van der Waals surface area (Å²) in [4.78, 5) is 16.4. The number of aromatic nitrogens is 4. The van der Waals surface area contributed by atoms with Crippen molar-refractivity contribution in [2.45, 2.75) is 70.9 Å². The lowest BCUT2D eigenvalue weighted by molar-refractivity contribution is -0.129. The third-order valence-electron chi connectivity index (χ3n) is 9.75. The van der Waals surface area contributed by atoms with Crippen LogP contribution >= 0.6 is 0 Å². The molecular formula is C30H37F2N7O. The number of halogens is 2. The van der Waals surface area contributed by atoms with E-state index in [0.29, 0.717) is 42.2 Å². The van der Waals surface area contributed by atoms with Gasteiger partial charge >= 0.3 is 0 Å². The fourth-order valence-corrected chi connectivity index (χ4v) is 7.37. The molecule has 0 radical (unpaired) electrons. The summed E-state index contributed by atoms with van der Waals surface area (Å²) in [5.41, 5.74) is 5.88. The quantitative estimate of drug-likeness (QED) is 0.501. The normalized spacial score (nSPS) is 20.5. The van der Waals surface area contributed by atoms with Crippen molar-refractivity contribution in [3.8, 4) is 11.1 Å². The molecule has 1 amide bonds. The lowest BCUT2D eigenvalue weighted by Crippen LogP contribution is -2.55. The lowest BCUT2D eigenvalue weighted by atomic mass is 9.68. The van der Waals surface area contributed by atoms with Crippen molar-refractivity contribution in [2.75, 3.05) is 31.1 Å². The zero-order valence-electron chi connectivity index (χ0n) is 23.3. The van der Waals surface area contributed by atoms with Crippen molar-refractivity contribution in [3.05, 3.63) is 46.9 Å². The molecule has 0 bridgehead atoms. The zero-order valence-corrected chi connectivity index (χ0v) is 23.3. The van der Waals surface area contributed by atoms with Crippen LogP contribution in [0.25, 0.3) is 11.1 Å². The molecule has 10 heteroatoms. The van der Waals surface area contributed by atoms with Crippen LogP contribution in [0.4, 0.5) is 20.3 Å². The minimum atomic E-state index is -2.61. The van der Waals surface area contributed by atoms with Gasteiger partial charge in [0, 0.05) is 80.8 Å². The predicted octanol–water partition coefficient (Wildman–Crippen LogP) is 4.91. The average molecular weight is 550 g/mol. The Morgan fingerprint density at radius 2 is 1.95 bits per heavy atom. The highest BCUT2D eigenvalue weighted by molar-refractivity contribution is 5.78. The maximum absolute atomic E-state index is 14.5. The van der Waals surface area contributed by atoms with Crippen LogP contribution in [-0.4, -0.2) is 56.5 Å². The Balaban J connectivity index is 1.30. The number of alkyl halides is 2. The molecule has 3 aromatic rings. The van der Waals surface area contributed by atoms with Crippen LogP contribution in [0.5, 0.6) is 0 Å². The summed E-state index contributed by atoms with van der Waals surface area (Å²) in [6.45, 7) is 5.77. The van der Waals surface area contributed by atoms with Gasteiger partial charge in [0.15, 0.2) is 5.82 Å². The fraction of sp³-hybridized carbons (Fsp3) is 0.567. The standard InChI is InChI=1S/C30H37F2N7O/c1-19(40)37-11-7-26-25(16-37)29(35-39(26)22-5-8-30(9-6-22)17-33-18-30)38-10-3-4-20-12-23(21-14-34-36(2)15-21)24(28(31)32)13-27(20)38/h12-15,22,28,33H,3-11,16-18H2,1-2H3. The molecule has 1 aliphatic carbocycles. The smallest absolute Gasteiger partial charge is 0.264 e. The van der Waals surface area contributed by atoms with E-state index in [2.05, 4.69) is 20.0 Å². The van der Waals surface area contributed by atoms with Crippen molar-refractivity contribution in [1.29, 1.82) is 0 Å². The van der Waals surface area contributed by atoms with E-state index in [0.717, 1.165) is 67.8 Å². The summed E-state index contributed by atoms with van der Waals surface area (Å²) in [7, 11) is 1.80. The summed E-state index contributed by atoms with van der Waals surface area (Å²) in [5, 5.41) is 12.9. The summed E-state index contributed by atoms with van der Waals surface area (Å²) < 4.78 is 32.8. The van der Waals surface area contributed by atoms with Gasteiger partial charge in [-0.25, -0.2) is 8.78 Å². The third-order valence-corrected chi connectivity index (χ3v) is 9.75. The van der Waals surface area contributed by atoms with Gasteiger partial charge in [0.25, 0.3) is 6.43 Å². The second kappa shape index (κ2) is 9.68. The Morgan fingerprint density at radius 3 is 2.60 bits per heavy atom. The van der Waals surface area contributed by atoms with Crippen molar-refractivity contribution < 1.29 is 13.6 Å². The molecule has 4 aliphatic rings. The molecule has 7 rings (SSSR count). The van der Waals surface area contributed by atoms with Crippen molar-refractivity contribution in [3.63, 3.8) is 0 Å². The van der Waals surface area contributed by atoms with E-state index in [1.807, 2.05) is 11.0 Å². The Labute approximate surface area is 233 Å². The minimum absolute atomic E-state index is 0.0176. The maximum Gasteiger partial charge on any atom is 0.264 e. The van der Waals surface area contributed by atoms with E-state index in [1.165, 1.54) is 18.5 Å². The molecule has 1 N–H and O–H groups in total. The molecule has 0 unspecified atom stereocenters. The number of rotatable bonds is 4. The topological polar surface area (TPSA) is 71.2 Å². The van der Waals surface area contributed by atoms with Crippen molar-refractivity contribution >= 4 is 17.4 Å². The number of hydrogen-bond donors (Lipinski definition) is 1. The molecule has 1 aromatic carbocycles. The number of hydrogen-bond acceptors (Lipinski definition) is 5. The van der Waals surface area contributed by atoms with Crippen LogP contribution in [0, 0.1) is 5.41 Å². The van der Waals surface area contributed by atoms with Gasteiger partial charge in [-0.3, -0.25) is 14.2 Å². The molecule has 0 atom stereocenters. The van der Waals surface area contributed by atoms with E-state index < -0.39 is 6.43 Å². The number of benzene rings is 1. The van der Waals surface area contributed by atoms with E-state index in [1.54, 1.807) is 37.1 Å². The summed E-state index contributed by atoms with van der Waals surface area (Å²) in [5.74, 6) is 0.892. The molecule has 5 heterocycles. The number of amides is 1. The number of nitrogens with zero attached hydrogens (tertiary/aromatic N) is 6. The first kappa shape index (κ1) is 25.7. The highest BCUT2D eigenvalue weighted by atomic mass is 19.3. The SMILES string of the molecule is CC(=O)N1CCc2c(c(N3CCCc4cc(-c5cnn(C)c5)c(C(F)F)cc43)nn2C2CCC3(CC2)CNC3)C1. The van der Waals surface area contributed by atoms with E-state index >= 15 is 0 Å². The van der Waals surface area contributed by atoms with E-state index in [4.69, 9.17) is 5.10 Å². The lowest BCUT2D eigenvalue weighted by Gasteiger charge is -2.47. The molecular weight excluding hydrogens is 512 g/mol. The summed E-state index contributed by atoms with van der Waals surface area (Å²) >= 11 is 0. The first-order valence-electron chi connectivity index (χ1n) is 14.6. The van der Waals surface area contributed by atoms with Crippen molar-refractivity contribution in [1.82, 2.24) is 29.8 Å². The monoisotopic (exact) mass is 549 g/mol. The van der Waals surface area contributed by atoms with Gasteiger partial charge in [-0.1, -0.05) is 0 Å². The van der Waals surface area contributed by atoms with Gasteiger partial charge in [0.1, 0.15) is 0 Å². The largest absolute Gasteiger partial charge is 0.338 e. The van der Waals surface area contributed by atoms with Gasteiger partial charge < -0.3 is 15.1 Å². The van der Waals surface area contributed by atoms with Crippen LogP contribution in [0.3, 0.4) is 0 Å². The van der Waals surface area contributed by atoms with Crippen LogP contribution < -0.4 is 10.2 Å². The number of anilines is 2. The molecule has 2 aromatic heterocycles. The molecule has 40 heavy (non-hydrogen) atoms. The van der Waals surface area contributed by atoms with Gasteiger partial charge in [0.05, 0.1) is 18.8 Å². The molecule has 1 saturated heterocycles. The Morgan fingerprint density at radius 1 is 1.15 bits per heavy atom. The number of aryl methyl sites for hydroxylation is 2. The second-order valence-electron chi connectivity index (χ2n) is 12.2. The maximum atomic E-state index is 14.5. The van der Waals surface area contributed by atoms with Crippen LogP contribution in [0.1, 0.15) is 73.9 Å². The van der Waals surface area contributed by atoms with Gasteiger partial charge in [-0.15, -0.1) is 0 Å². The molecule has 8 nitrogen and oxygen atoms in total. The molecule has 3 aliphatic heterocycles. The number of fused-ring (bicyclic) bond motifs is 2. The number of carbonyl (C=O) groups is 1. The van der Waals surface area contributed by atoms with Gasteiger partial charge in [-0.05, 0) is 67.2 Å². The first-order valence-corrected chi connectivity index (χ1v) is 14.6. The van der Waals surface area contributed by atoms with Crippen LogP contribution in [0.15, 0.2) is 24.5 Å². The third kappa shape index (κ3) is 4.22. The highest BCUT2D eigenvalue weighted by Crippen LogP contribution is 2.46. The average Bonchev–Trinajstić information content (AvgIpc) is 3.54. The predicted molar refractivity (Wildman–Crippen MR) is 149 cm³/mol. The van der Waals surface area contributed by atoms with Crippen LogP contribution in [0.2, 0.25) is 0 Å².